The molecule has 2 fully saturated rings. The molecule has 2 aromatic rings. The monoisotopic (exact) mass is 377 g/mol. The number of likely N-dealkylation sites (tertiary alicyclic amines) is 1. The summed E-state index contributed by atoms with van der Waals surface area (Å²) in [5, 5.41) is 4.03. The molecule has 27 heavy (non-hydrogen) atoms. The molecule has 2 aliphatic rings. The van der Waals surface area contributed by atoms with Crippen LogP contribution in [0.5, 0.6) is 0 Å². The summed E-state index contributed by atoms with van der Waals surface area (Å²) in [6.07, 6.45) is 4.72. The molecule has 1 aliphatic carbocycles. The number of rotatable bonds is 4. The van der Waals surface area contributed by atoms with Crippen LogP contribution in [0.1, 0.15) is 51.5 Å². The van der Waals surface area contributed by atoms with Gasteiger partial charge in [0.2, 0.25) is 5.91 Å². The Labute approximate surface area is 156 Å². The fraction of sp³-hybridized carbons (Fsp3) is 0.632. The van der Waals surface area contributed by atoms with E-state index in [4.69, 9.17) is 0 Å². The van der Waals surface area contributed by atoms with Crippen LogP contribution in [0.25, 0.3) is 11.0 Å². The molecule has 0 unspecified atom stereocenters. The zero-order valence-electron chi connectivity index (χ0n) is 15.8. The van der Waals surface area contributed by atoms with Crippen molar-refractivity contribution in [3.8, 4) is 0 Å². The van der Waals surface area contributed by atoms with E-state index in [-0.39, 0.29) is 24.4 Å². The molecule has 0 aromatic carbocycles. The summed E-state index contributed by atoms with van der Waals surface area (Å²) in [5.74, 6) is -2.40. The van der Waals surface area contributed by atoms with Crippen molar-refractivity contribution >= 4 is 22.8 Å². The van der Waals surface area contributed by atoms with E-state index in [1.807, 2.05) is 4.90 Å². The summed E-state index contributed by atoms with van der Waals surface area (Å²) >= 11 is 0. The summed E-state index contributed by atoms with van der Waals surface area (Å²) < 4.78 is 27.2. The van der Waals surface area contributed by atoms with Crippen LogP contribution < -0.4 is 5.32 Å². The Bertz CT molecular complexity index is 865. The molecule has 3 atom stereocenters. The summed E-state index contributed by atoms with van der Waals surface area (Å²) in [6.45, 7) is 6.44. The largest absolute Gasteiger partial charge is 0.365 e. The molecule has 0 bridgehead atoms. The highest BCUT2D eigenvalue weighted by Gasteiger charge is 2.58. The number of carbonyl (C=O) groups excluding carboxylic acids is 1. The molecule has 3 heterocycles. The third-order valence-corrected chi connectivity index (χ3v) is 5.84. The number of halogens is 2. The lowest BCUT2D eigenvalue weighted by atomic mass is 9.90. The third kappa shape index (κ3) is 3.26. The number of anilines is 1. The lowest BCUT2D eigenvalue weighted by Crippen LogP contribution is -2.52. The van der Waals surface area contributed by atoms with Crippen LogP contribution in [-0.2, 0) is 4.79 Å². The Hall–Kier alpha value is -2.25. The van der Waals surface area contributed by atoms with Crippen molar-refractivity contribution < 1.29 is 13.6 Å². The van der Waals surface area contributed by atoms with Crippen LogP contribution in [-0.4, -0.2) is 50.3 Å². The molecule has 1 saturated heterocycles. The molecule has 1 saturated carbocycles. The molecule has 1 aliphatic heterocycles. The first-order chi connectivity index (χ1) is 12.8. The van der Waals surface area contributed by atoms with Gasteiger partial charge in [-0.3, -0.25) is 4.79 Å². The smallest absolute Gasteiger partial charge is 0.256 e. The van der Waals surface area contributed by atoms with Gasteiger partial charge >= 0.3 is 0 Å². The van der Waals surface area contributed by atoms with E-state index in [1.165, 1.54) is 6.33 Å². The topological polar surface area (TPSA) is 73.9 Å². The maximum absolute atomic E-state index is 13.6. The lowest BCUT2D eigenvalue weighted by Gasteiger charge is -2.41. The minimum atomic E-state index is -2.65. The maximum Gasteiger partial charge on any atom is 0.256 e. The molecule has 1 amide bonds. The highest BCUT2D eigenvalue weighted by atomic mass is 19.3. The number of nitrogens with one attached hydrogen (secondary N) is 2. The van der Waals surface area contributed by atoms with Gasteiger partial charge < -0.3 is 15.2 Å². The minimum absolute atomic E-state index is 0.0319. The van der Waals surface area contributed by atoms with Crippen LogP contribution in [0.2, 0.25) is 0 Å². The van der Waals surface area contributed by atoms with Gasteiger partial charge in [0.15, 0.2) is 0 Å². The van der Waals surface area contributed by atoms with Gasteiger partial charge in [0.1, 0.15) is 17.8 Å². The number of carbonyl (C=O) groups is 1. The molecule has 4 rings (SSSR count). The van der Waals surface area contributed by atoms with E-state index in [0.29, 0.717) is 34.9 Å². The number of aromatic amines is 1. The van der Waals surface area contributed by atoms with Gasteiger partial charge in [0, 0.05) is 38.2 Å². The summed E-state index contributed by atoms with van der Waals surface area (Å²) in [4.78, 5) is 25.5. The third-order valence-electron chi connectivity index (χ3n) is 5.84. The highest BCUT2D eigenvalue weighted by Crippen LogP contribution is 2.57. The fourth-order valence-electron chi connectivity index (χ4n) is 4.28. The normalized spacial score (nSPS) is 27.2. The number of hydrogen-bond donors (Lipinski definition) is 2. The van der Waals surface area contributed by atoms with E-state index >= 15 is 0 Å². The fourth-order valence-corrected chi connectivity index (χ4v) is 4.28. The van der Waals surface area contributed by atoms with Crippen molar-refractivity contribution in [2.24, 2.45) is 5.92 Å². The number of alkyl halides is 2. The second-order valence-corrected chi connectivity index (χ2v) is 8.11. The molecule has 0 radical (unpaired) electrons. The second-order valence-electron chi connectivity index (χ2n) is 8.11. The van der Waals surface area contributed by atoms with Gasteiger partial charge in [0.25, 0.3) is 5.92 Å². The number of hydrogen-bond acceptors (Lipinski definition) is 4. The number of H-pyrrole nitrogens is 1. The van der Waals surface area contributed by atoms with E-state index < -0.39 is 11.8 Å². The predicted octanol–water partition coefficient (Wildman–Crippen LogP) is 3.53. The molecule has 146 valence electrons. The van der Waals surface area contributed by atoms with Gasteiger partial charge in [-0.25, -0.2) is 18.7 Å². The van der Waals surface area contributed by atoms with Crippen LogP contribution in [0.15, 0.2) is 12.5 Å². The van der Waals surface area contributed by atoms with Gasteiger partial charge in [-0.2, -0.15) is 0 Å². The molecule has 2 N–H and O–H groups in total. The van der Waals surface area contributed by atoms with Crippen molar-refractivity contribution in [3.63, 3.8) is 0 Å². The second kappa shape index (κ2) is 6.42. The average molecular weight is 377 g/mol. The Kier molecular flexibility index (Phi) is 4.31. The van der Waals surface area contributed by atoms with E-state index in [2.05, 4.69) is 34.1 Å². The molecule has 0 spiro atoms. The Morgan fingerprint density at radius 2 is 2.11 bits per heavy atom. The number of nitrogens with zero attached hydrogens (tertiary/aromatic N) is 3. The SMILES string of the molecule is CC(=O)N1C[C@H](Nc2ncnc3[nH]cc([C@H]4CC4(F)F)c23)CC[C@@H]1C(C)C. The average Bonchev–Trinajstić information content (AvgIpc) is 3.04. The van der Waals surface area contributed by atoms with Crippen LogP contribution in [0.3, 0.4) is 0 Å². The molecular weight excluding hydrogens is 352 g/mol. The van der Waals surface area contributed by atoms with Gasteiger partial charge in [-0.1, -0.05) is 13.8 Å². The van der Waals surface area contributed by atoms with Crippen molar-refractivity contribution in [3.05, 3.63) is 18.1 Å². The predicted molar refractivity (Wildman–Crippen MR) is 98.9 cm³/mol. The zero-order valence-corrected chi connectivity index (χ0v) is 15.8. The Balaban J connectivity index is 1.59. The first-order valence-electron chi connectivity index (χ1n) is 9.51. The minimum Gasteiger partial charge on any atom is -0.365 e. The summed E-state index contributed by atoms with van der Waals surface area (Å²) in [6, 6.07) is 0.267. The lowest BCUT2D eigenvalue weighted by molar-refractivity contribution is -0.133. The first kappa shape index (κ1) is 18.1. The Morgan fingerprint density at radius 3 is 2.74 bits per heavy atom. The maximum atomic E-state index is 13.6. The molecule has 2 aromatic heterocycles. The standard InChI is InChI=1S/C19H25F2N5O/c1-10(2)15-5-4-12(8-26(15)11(3)27)25-18-16-13(14-6-19(14,20)21)7-22-17(16)23-9-24-18/h7,9-10,12,14-15H,4-6,8H2,1-3H3,(H2,22,23,24,25)/t12-,14-,15-/m1/s1. The zero-order chi connectivity index (χ0) is 19.3. The molecule has 8 heteroatoms. The van der Waals surface area contributed by atoms with Crippen molar-refractivity contribution in [2.75, 3.05) is 11.9 Å². The number of amides is 1. The first-order valence-corrected chi connectivity index (χ1v) is 9.51. The quantitative estimate of drug-likeness (QED) is 0.855. The highest BCUT2D eigenvalue weighted by molar-refractivity contribution is 5.91. The van der Waals surface area contributed by atoms with Crippen LogP contribution >= 0.6 is 0 Å². The summed E-state index contributed by atoms with van der Waals surface area (Å²) in [7, 11) is 0. The number of aromatic nitrogens is 3. The molecule has 6 nitrogen and oxygen atoms in total. The van der Waals surface area contributed by atoms with Gasteiger partial charge in [-0.05, 0) is 24.3 Å². The van der Waals surface area contributed by atoms with Crippen LogP contribution in [0.4, 0.5) is 14.6 Å². The van der Waals surface area contributed by atoms with E-state index in [1.54, 1.807) is 13.1 Å². The van der Waals surface area contributed by atoms with Crippen LogP contribution in [0, 0.1) is 5.92 Å². The Morgan fingerprint density at radius 1 is 1.37 bits per heavy atom. The van der Waals surface area contributed by atoms with E-state index in [9.17, 15) is 13.6 Å². The van der Waals surface area contributed by atoms with Gasteiger partial charge in [-0.15, -0.1) is 0 Å². The summed E-state index contributed by atoms with van der Waals surface area (Å²) in [5.41, 5.74) is 1.13. The molecular formula is C19H25F2N5O. The van der Waals surface area contributed by atoms with Gasteiger partial charge in [0.05, 0.1) is 11.3 Å². The van der Waals surface area contributed by atoms with Crippen molar-refractivity contribution in [2.45, 2.75) is 64.0 Å². The van der Waals surface area contributed by atoms with Crippen molar-refractivity contribution in [1.82, 2.24) is 19.9 Å². The van der Waals surface area contributed by atoms with E-state index in [0.717, 1.165) is 12.8 Å². The number of piperidine rings is 1. The number of fused-ring (bicyclic) bond motifs is 1. The van der Waals surface area contributed by atoms with Crippen molar-refractivity contribution in [1.29, 1.82) is 0 Å².